The highest BCUT2D eigenvalue weighted by Crippen LogP contribution is 2.27. The number of benzene rings is 2. The summed E-state index contributed by atoms with van der Waals surface area (Å²) >= 11 is 1.04. The fourth-order valence-corrected chi connectivity index (χ4v) is 4.32. The van der Waals surface area contributed by atoms with Gasteiger partial charge in [0.1, 0.15) is 10.7 Å². The highest BCUT2D eigenvalue weighted by atomic mass is 32.2. The minimum Gasteiger partial charge on any atom is -0.655 e. The van der Waals surface area contributed by atoms with Crippen LogP contribution in [0.15, 0.2) is 52.9 Å². The van der Waals surface area contributed by atoms with Crippen LogP contribution in [0.1, 0.15) is 11.1 Å². The van der Waals surface area contributed by atoms with Crippen molar-refractivity contribution in [3.63, 3.8) is 0 Å². The maximum Gasteiger partial charge on any atom is 0.573 e. The third kappa shape index (κ3) is 6.35. The van der Waals surface area contributed by atoms with Crippen LogP contribution < -0.4 is 9.46 Å². The molecule has 13 heteroatoms. The predicted octanol–water partition coefficient (Wildman–Crippen LogP) is 5.19. The summed E-state index contributed by atoms with van der Waals surface area (Å²) in [7, 11) is -4.16. The highest BCUT2D eigenvalue weighted by molar-refractivity contribution is 7.93. The SMILES string of the molecule is O=S(=O)(Nc1nccs1)c1ccc(C[N-]Cc2ccc(OC(F)(F)F)c(F)c2)cc1F. The van der Waals surface area contributed by atoms with Gasteiger partial charge in [-0.25, -0.2) is 22.2 Å². The fraction of sp³-hybridized carbons (Fsp3) is 0.167. The third-order valence-corrected chi connectivity index (χ3v) is 5.94. The standard InChI is InChI=1S/C18H13F5N3O3S2/c19-13-7-11(1-3-15(13)29-18(21,22)23)9-24-10-12-2-4-16(14(20)8-12)31(27,28)26-17-25-5-6-30-17/h1-8H,9-10H2,(H,25,26)/q-1. The second-order valence-electron chi connectivity index (χ2n) is 6.06. The molecular weight excluding hydrogens is 465 g/mol. The molecular formula is C18H13F5N3O3S2-. The van der Waals surface area contributed by atoms with Crippen LogP contribution in [0, 0.1) is 11.6 Å². The normalized spacial score (nSPS) is 12.0. The monoisotopic (exact) mass is 478 g/mol. The van der Waals surface area contributed by atoms with Crippen molar-refractivity contribution >= 4 is 26.5 Å². The molecule has 166 valence electrons. The van der Waals surface area contributed by atoms with Crippen molar-refractivity contribution in [2.24, 2.45) is 0 Å². The molecule has 0 amide bonds. The summed E-state index contributed by atoms with van der Waals surface area (Å²) in [5, 5.41) is 5.73. The molecule has 0 bridgehead atoms. The lowest BCUT2D eigenvalue weighted by Crippen LogP contribution is -2.18. The summed E-state index contributed by atoms with van der Waals surface area (Å²) in [6.45, 7) is -0.0872. The van der Waals surface area contributed by atoms with Crippen molar-refractivity contribution in [3.05, 3.63) is 76.1 Å². The van der Waals surface area contributed by atoms with Gasteiger partial charge in [0, 0.05) is 11.6 Å². The van der Waals surface area contributed by atoms with E-state index in [0.717, 1.165) is 35.6 Å². The van der Waals surface area contributed by atoms with Crippen molar-refractivity contribution < 1.29 is 35.1 Å². The van der Waals surface area contributed by atoms with Crippen LogP contribution in [0.25, 0.3) is 5.32 Å². The molecule has 0 saturated carbocycles. The first kappa shape index (κ1) is 22.9. The molecule has 0 aliphatic carbocycles. The number of nitrogens with one attached hydrogen (secondary N) is 1. The molecule has 1 heterocycles. The molecule has 0 aliphatic heterocycles. The minimum atomic E-state index is -5.01. The summed E-state index contributed by atoms with van der Waals surface area (Å²) in [6.07, 6.45) is -3.61. The Kier molecular flexibility index (Phi) is 6.77. The summed E-state index contributed by atoms with van der Waals surface area (Å²) in [4.78, 5) is 3.21. The molecule has 31 heavy (non-hydrogen) atoms. The average molecular weight is 478 g/mol. The van der Waals surface area contributed by atoms with E-state index >= 15 is 0 Å². The number of alkyl halides is 3. The topological polar surface area (TPSA) is 82.4 Å². The molecule has 0 atom stereocenters. The zero-order valence-electron chi connectivity index (χ0n) is 15.4. The number of aromatic nitrogens is 1. The van der Waals surface area contributed by atoms with Crippen LogP contribution in [-0.2, 0) is 23.1 Å². The maximum absolute atomic E-state index is 14.3. The molecule has 0 unspecified atom stereocenters. The number of sulfonamides is 1. The molecule has 6 nitrogen and oxygen atoms in total. The molecule has 0 aliphatic rings. The quantitative estimate of drug-likeness (QED) is 0.452. The number of thiazole rings is 1. The molecule has 0 spiro atoms. The minimum absolute atomic E-state index is 0.0282. The van der Waals surface area contributed by atoms with Crippen molar-refractivity contribution in [1.82, 2.24) is 4.98 Å². The number of anilines is 1. The molecule has 0 fully saturated rings. The fourth-order valence-electron chi connectivity index (χ4n) is 2.47. The zero-order chi connectivity index (χ0) is 22.6. The van der Waals surface area contributed by atoms with Gasteiger partial charge in [-0.2, -0.15) is 0 Å². The third-order valence-electron chi connectivity index (χ3n) is 3.75. The molecule has 2 aromatic carbocycles. The van der Waals surface area contributed by atoms with Gasteiger partial charge in [0.2, 0.25) is 0 Å². The van der Waals surface area contributed by atoms with E-state index in [1.807, 2.05) is 0 Å². The van der Waals surface area contributed by atoms with E-state index in [4.69, 9.17) is 0 Å². The maximum atomic E-state index is 14.3. The zero-order valence-corrected chi connectivity index (χ0v) is 17.0. The van der Waals surface area contributed by atoms with Crippen molar-refractivity contribution in [1.29, 1.82) is 0 Å². The molecule has 0 radical (unpaired) electrons. The Bertz CT molecular complexity index is 1150. The summed E-state index contributed by atoms with van der Waals surface area (Å²) < 4.78 is 94.7. The van der Waals surface area contributed by atoms with Crippen LogP contribution in [0.4, 0.5) is 27.1 Å². The van der Waals surface area contributed by atoms with Crippen molar-refractivity contribution in [2.45, 2.75) is 24.3 Å². The summed E-state index contributed by atoms with van der Waals surface area (Å²) in [5.41, 5.74) is 0.627. The number of nitrogens with zero attached hydrogens (tertiary/aromatic N) is 2. The Hall–Kier alpha value is -2.77. The van der Waals surface area contributed by atoms with Gasteiger partial charge in [-0.05, 0) is 24.3 Å². The summed E-state index contributed by atoms with van der Waals surface area (Å²) in [5.74, 6) is -3.14. The first-order valence-corrected chi connectivity index (χ1v) is 10.8. The van der Waals surface area contributed by atoms with Gasteiger partial charge in [-0.15, -0.1) is 37.6 Å². The first-order valence-electron chi connectivity index (χ1n) is 8.42. The number of ether oxygens (including phenoxy) is 1. The lowest BCUT2D eigenvalue weighted by Gasteiger charge is -2.20. The Morgan fingerprint density at radius 2 is 1.68 bits per heavy atom. The molecule has 1 N–H and O–H groups in total. The van der Waals surface area contributed by atoms with Gasteiger partial charge in [0.25, 0.3) is 10.0 Å². The number of hydrogen-bond donors (Lipinski definition) is 1. The van der Waals surface area contributed by atoms with Crippen LogP contribution in [-0.4, -0.2) is 19.8 Å². The smallest absolute Gasteiger partial charge is 0.573 e. The van der Waals surface area contributed by atoms with E-state index < -0.39 is 38.7 Å². The van der Waals surface area contributed by atoms with Crippen LogP contribution in [0.2, 0.25) is 0 Å². The lowest BCUT2D eigenvalue weighted by atomic mass is 10.2. The van der Waals surface area contributed by atoms with E-state index in [9.17, 15) is 30.4 Å². The van der Waals surface area contributed by atoms with Gasteiger partial charge in [-0.3, -0.25) is 4.72 Å². The Balaban J connectivity index is 1.60. The molecule has 3 aromatic rings. The van der Waals surface area contributed by atoms with Gasteiger partial charge >= 0.3 is 6.36 Å². The van der Waals surface area contributed by atoms with Crippen molar-refractivity contribution in [3.8, 4) is 5.75 Å². The average Bonchev–Trinajstić information content (AvgIpc) is 3.15. The van der Waals surface area contributed by atoms with E-state index in [-0.39, 0.29) is 23.8 Å². The van der Waals surface area contributed by atoms with E-state index in [1.165, 1.54) is 18.3 Å². The van der Waals surface area contributed by atoms with Crippen molar-refractivity contribution in [2.75, 3.05) is 4.72 Å². The van der Waals surface area contributed by atoms with Crippen LogP contribution in [0.3, 0.4) is 0 Å². The van der Waals surface area contributed by atoms with Gasteiger partial charge in [-0.1, -0.05) is 23.3 Å². The molecule has 0 saturated heterocycles. The highest BCUT2D eigenvalue weighted by Gasteiger charge is 2.32. The molecule has 3 rings (SSSR count). The largest absolute Gasteiger partial charge is 0.655 e. The second kappa shape index (κ2) is 9.16. The van der Waals surface area contributed by atoms with E-state index in [1.54, 1.807) is 5.38 Å². The second-order valence-corrected chi connectivity index (χ2v) is 8.61. The predicted molar refractivity (Wildman–Crippen MR) is 103 cm³/mol. The van der Waals surface area contributed by atoms with Crippen LogP contribution >= 0.6 is 11.3 Å². The van der Waals surface area contributed by atoms with E-state index in [0.29, 0.717) is 5.56 Å². The Labute approximate surface area is 177 Å². The van der Waals surface area contributed by atoms with Gasteiger partial charge in [0.05, 0.1) is 0 Å². The number of hydrogen-bond acceptors (Lipinski definition) is 5. The van der Waals surface area contributed by atoms with Crippen LogP contribution in [0.5, 0.6) is 5.75 Å². The number of rotatable bonds is 8. The Morgan fingerprint density at radius 1 is 1.03 bits per heavy atom. The van der Waals surface area contributed by atoms with Gasteiger partial charge in [0.15, 0.2) is 16.7 Å². The Morgan fingerprint density at radius 3 is 2.23 bits per heavy atom. The number of halogens is 5. The lowest BCUT2D eigenvalue weighted by molar-refractivity contribution is -0.275. The van der Waals surface area contributed by atoms with Gasteiger partial charge < -0.3 is 10.1 Å². The first-order chi connectivity index (χ1) is 14.5. The van der Waals surface area contributed by atoms with E-state index in [2.05, 4.69) is 19.8 Å². The molecule has 1 aromatic heterocycles. The summed E-state index contributed by atoms with van der Waals surface area (Å²) in [6, 6.07) is 6.35.